The van der Waals surface area contributed by atoms with E-state index in [1.54, 1.807) is 6.20 Å². The van der Waals surface area contributed by atoms with Gasteiger partial charge in [-0.05, 0) is 32.9 Å². The van der Waals surface area contributed by atoms with Gasteiger partial charge < -0.3 is 14.8 Å². The lowest BCUT2D eigenvalue weighted by Gasteiger charge is -2.19. The Bertz CT molecular complexity index is 1080. The number of para-hydroxylation sites is 2. The van der Waals surface area contributed by atoms with Crippen LogP contribution < -0.4 is 10.1 Å². The lowest BCUT2D eigenvalue weighted by molar-refractivity contribution is -0.116. The zero-order valence-electron chi connectivity index (χ0n) is 16.1. The molecule has 0 radical (unpaired) electrons. The standard InChI is InChI=1S/C22H22N2O4/c1-22(2,3)28-21(26)24-13-16(14-7-4-5-10-18(14)24)15-8-6-9-17-20(15)27-12-11-19(25)23-17/h4-10,13H,11-12H2,1-3H3,(H,23,25). The number of nitrogens with one attached hydrogen (secondary N) is 1. The van der Waals surface area contributed by atoms with Crippen LogP contribution in [0.4, 0.5) is 10.5 Å². The second-order valence-electron chi connectivity index (χ2n) is 7.74. The Hall–Kier alpha value is -3.28. The number of aromatic nitrogens is 1. The number of carbonyl (C=O) groups is 2. The Labute approximate surface area is 163 Å². The molecule has 0 spiro atoms. The normalized spacial score (nSPS) is 14.0. The summed E-state index contributed by atoms with van der Waals surface area (Å²) >= 11 is 0. The molecule has 2 heterocycles. The summed E-state index contributed by atoms with van der Waals surface area (Å²) in [4.78, 5) is 24.6. The van der Waals surface area contributed by atoms with E-state index in [0.717, 1.165) is 22.0 Å². The van der Waals surface area contributed by atoms with Crippen molar-refractivity contribution < 1.29 is 19.1 Å². The van der Waals surface area contributed by atoms with Crippen molar-refractivity contribution in [1.29, 1.82) is 0 Å². The molecule has 3 aromatic rings. The van der Waals surface area contributed by atoms with Crippen molar-refractivity contribution in [2.24, 2.45) is 0 Å². The van der Waals surface area contributed by atoms with E-state index < -0.39 is 11.7 Å². The van der Waals surface area contributed by atoms with Crippen LogP contribution in [0.1, 0.15) is 27.2 Å². The van der Waals surface area contributed by atoms with Crippen molar-refractivity contribution in [3.05, 3.63) is 48.7 Å². The van der Waals surface area contributed by atoms with E-state index in [1.807, 2.05) is 63.2 Å². The third kappa shape index (κ3) is 3.33. The molecule has 0 atom stereocenters. The van der Waals surface area contributed by atoms with Gasteiger partial charge in [0.1, 0.15) is 5.60 Å². The maximum atomic E-state index is 12.8. The van der Waals surface area contributed by atoms with Crippen molar-refractivity contribution in [3.8, 4) is 16.9 Å². The van der Waals surface area contributed by atoms with Crippen LogP contribution in [0.2, 0.25) is 0 Å². The first-order valence-corrected chi connectivity index (χ1v) is 9.23. The van der Waals surface area contributed by atoms with Crippen molar-refractivity contribution in [1.82, 2.24) is 4.57 Å². The SMILES string of the molecule is CC(C)(C)OC(=O)n1cc(-c2cccc3c2OCCC(=O)N3)c2ccccc21. The van der Waals surface area contributed by atoms with Crippen molar-refractivity contribution in [2.75, 3.05) is 11.9 Å². The van der Waals surface area contributed by atoms with Crippen LogP contribution in [0.3, 0.4) is 0 Å². The zero-order chi connectivity index (χ0) is 19.9. The van der Waals surface area contributed by atoms with E-state index in [0.29, 0.717) is 24.5 Å². The molecule has 1 aromatic heterocycles. The quantitative estimate of drug-likeness (QED) is 0.660. The second kappa shape index (κ2) is 6.71. The predicted octanol–water partition coefficient (Wildman–Crippen LogP) is 4.81. The highest BCUT2D eigenvalue weighted by Crippen LogP contribution is 2.41. The molecule has 0 unspecified atom stereocenters. The van der Waals surface area contributed by atoms with Crippen LogP contribution in [0.5, 0.6) is 5.75 Å². The molecule has 0 fully saturated rings. The molecule has 1 N–H and O–H groups in total. The van der Waals surface area contributed by atoms with Gasteiger partial charge in [0.15, 0.2) is 5.75 Å². The number of anilines is 1. The number of benzene rings is 2. The topological polar surface area (TPSA) is 69.6 Å². The molecule has 144 valence electrons. The monoisotopic (exact) mass is 378 g/mol. The van der Waals surface area contributed by atoms with Crippen molar-refractivity contribution in [2.45, 2.75) is 32.8 Å². The maximum absolute atomic E-state index is 12.8. The van der Waals surface area contributed by atoms with Gasteiger partial charge in [-0.2, -0.15) is 0 Å². The maximum Gasteiger partial charge on any atom is 0.419 e. The molecule has 6 nitrogen and oxygen atoms in total. The summed E-state index contributed by atoms with van der Waals surface area (Å²) in [6.07, 6.45) is 1.63. The number of hydrogen-bond acceptors (Lipinski definition) is 4. The van der Waals surface area contributed by atoms with E-state index in [4.69, 9.17) is 9.47 Å². The minimum atomic E-state index is -0.597. The summed E-state index contributed by atoms with van der Waals surface area (Å²) in [5.41, 5.74) is 2.45. The van der Waals surface area contributed by atoms with Gasteiger partial charge in [0.2, 0.25) is 5.91 Å². The van der Waals surface area contributed by atoms with Crippen molar-refractivity contribution in [3.63, 3.8) is 0 Å². The lowest BCUT2D eigenvalue weighted by atomic mass is 10.0. The molecule has 28 heavy (non-hydrogen) atoms. The summed E-state index contributed by atoms with van der Waals surface area (Å²) in [6, 6.07) is 13.3. The predicted molar refractivity (Wildman–Crippen MR) is 108 cm³/mol. The molecule has 6 heteroatoms. The summed E-state index contributed by atoms with van der Waals surface area (Å²) in [7, 11) is 0. The van der Waals surface area contributed by atoms with E-state index in [1.165, 1.54) is 4.57 Å². The number of nitrogens with zero attached hydrogens (tertiary/aromatic N) is 1. The summed E-state index contributed by atoms with van der Waals surface area (Å²) in [5.74, 6) is 0.535. The van der Waals surface area contributed by atoms with Gasteiger partial charge in [-0.15, -0.1) is 0 Å². The molecular weight excluding hydrogens is 356 g/mol. The van der Waals surface area contributed by atoms with E-state index in [-0.39, 0.29) is 5.91 Å². The highest BCUT2D eigenvalue weighted by Gasteiger charge is 2.24. The highest BCUT2D eigenvalue weighted by molar-refractivity contribution is 6.03. The molecule has 1 amide bonds. The van der Waals surface area contributed by atoms with Crippen LogP contribution in [0.15, 0.2) is 48.7 Å². The Balaban J connectivity index is 1.88. The number of hydrogen-bond donors (Lipinski definition) is 1. The first kappa shape index (κ1) is 18.1. The summed E-state index contributed by atoms with van der Waals surface area (Å²) in [5, 5.41) is 3.78. The largest absolute Gasteiger partial charge is 0.490 e. The number of fused-ring (bicyclic) bond motifs is 2. The fraction of sp³-hybridized carbons (Fsp3) is 0.273. The Morgan fingerprint density at radius 2 is 1.89 bits per heavy atom. The molecular formula is C22H22N2O4. The van der Waals surface area contributed by atoms with Gasteiger partial charge in [0.05, 0.1) is 24.2 Å². The number of ether oxygens (including phenoxy) is 2. The Morgan fingerprint density at radius 3 is 2.68 bits per heavy atom. The van der Waals surface area contributed by atoms with Crippen LogP contribution in [0, 0.1) is 0 Å². The van der Waals surface area contributed by atoms with E-state index in [9.17, 15) is 9.59 Å². The van der Waals surface area contributed by atoms with Crippen molar-refractivity contribution >= 4 is 28.6 Å². The van der Waals surface area contributed by atoms with Gasteiger partial charge >= 0.3 is 6.09 Å². The first-order chi connectivity index (χ1) is 13.3. The minimum Gasteiger partial charge on any atom is -0.490 e. The molecule has 0 saturated carbocycles. The summed E-state index contributed by atoms with van der Waals surface area (Å²) < 4.78 is 13.0. The van der Waals surface area contributed by atoms with E-state index >= 15 is 0 Å². The zero-order valence-corrected chi connectivity index (χ0v) is 16.1. The fourth-order valence-corrected chi connectivity index (χ4v) is 3.32. The Kier molecular flexibility index (Phi) is 4.34. The van der Waals surface area contributed by atoms with Crippen LogP contribution in [-0.2, 0) is 9.53 Å². The molecule has 4 rings (SSSR count). The lowest BCUT2D eigenvalue weighted by Crippen LogP contribution is -2.26. The molecule has 0 aliphatic carbocycles. The minimum absolute atomic E-state index is 0.0768. The smallest absolute Gasteiger partial charge is 0.419 e. The summed E-state index contributed by atoms with van der Waals surface area (Å²) in [6.45, 7) is 5.82. The third-order valence-corrected chi connectivity index (χ3v) is 4.46. The first-order valence-electron chi connectivity index (χ1n) is 9.23. The van der Waals surface area contributed by atoms with Crippen LogP contribution in [-0.4, -0.2) is 28.8 Å². The second-order valence-corrected chi connectivity index (χ2v) is 7.74. The third-order valence-electron chi connectivity index (χ3n) is 4.46. The number of carbonyl (C=O) groups excluding carboxylic acids is 2. The number of amides is 1. The van der Waals surface area contributed by atoms with Gasteiger partial charge in [-0.3, -0.25) is 9.36 Å². The molecule has 2 aromatic carbocycles. The average Bonchev–Trinajstić information content (AvgIpc) is 2.90. The van der Waals surface area contributed by atoms with Crippen LogP contribution in [0.25, 0.3) is 22.0 Å². The van der Waals surface area contributed by atoms with Gasteiger partial charge in [-0.25, -0.2) is 4.79 Å². The molecule has 1 aliphatic heterocycles. The molecule has 1 aliphatic rings. The van der Waals surface area contributed by atoms with Crippen LogP contribution >= 0.6 is 0 Å². The van der Waals surface area contributed by atoms with Gasteiger partial charge in [-0.1, -0.05) is 30.3 Å². The average molecular weight is 378 g/mol. The van der Waals surface area contributed by atoms with E-state index in [2.05, 4.69) is 5.32 Å². The van der Waals surface area contributed by atoms with Gasteiger partial charge in [0.25, 0.3) is 0 Å². The molecule has 0 bridgehead atoms. The fourth-order valence-electron chi connectivity index (χ4n) is 3.32. The molecule has 0 saturated heterocycles. The number of rotatable bonds is 1. The van der Waals surface area contributed by atoms with Gasteiger partial charge in [0, 0.05) is 22.7 Å². The Morgan fingerprint density at radius 1 is 1.11 bits per heavy atom. The highest BCUT2D eigenvalue weighted by atomic mass is 16.6.